The zero-order chi connectivity index (χ0) is 16.2. The molecule has 0 N–H and O–H groups in total. The molecule has 2 aromatic heterocycles. The first kappa shape index (κ1) is 14.5. The molecular formula is C20H18N4. The zero-order valence-electron chi connectivity index (χ0n) is 13.3. The minimum atomic E-state index is 0.881. The highest BCUT2D eigenvalue weighted by molar-refractivity contribution is 5.32. The van der Waals surface area contributed by atoms with Gasteiger partial charge in [-0.05, 0) is 37.1 Å². The fourth-order valence-electron chi connectivity index (χ4n) is 2.72. The van der Waals surface area contributed by atoms with Gasteiger partial charge < -0.3 is 9.13 Å². The van der Waals surface area contributed by atoms with Crippen LogP contribution in [-0.4, -0.2) is 19.1 Å². The summed E-state index contributed by atoms with van der Waals surface area (Å²) in [5.41, 5.74) is 4.41. The lowest BCUT2D eigenvalue weighted by molar-refractivity contribution is 0.896. The number of hydrogen-bond donors (Lipinski definition) is 0. The maximum absolute atomic E-state index is 4.50. The van der Waals surface area contributed by atoms with Crippen LogP contribution in [0.4, 0.5) is 0 Å². The van der Waals surface area contributed by atoms with Crippen molar-refractivity contribution >= 4 is 0 Å². The maximum Gasteiger partial charge on any atom is 0.0995 e. The molecule has 0 aliphatic rings. The molecule has 0 saturated heterocycles. The fraction of sp³-hybridized carbons (Fsp3) is 0.100. The summed E-state index contributed by atoms with van der Waals surface area (Å²) in [7, 11) is 0. The minimum Gasteiger partial charge on any atom is -0.306 e. The van der Waals surface area contributed by atoms with Crippen LogP contribution in [0, 0.1) is 0 Å². The molecule has 4 nitrogen and oxygen atoms in total. The van der Waals surface area contributed by atoms with Crippen molar-refractivity contribution in [1.29, 1.82) is 0 Å². The van der Waals surface area contributed by atoms with Crippen LogP contribution in [0.2, 0.25) is 0 Å². The van der Waals surface area contributed by atoms with Crippen molar-refractivity contribution in [1.82, 2.24) is 19.1 Å². The van der Waals surface area contributed by atoms with Crippen LogP contribution in [0.1, 0.15) is 11.4 Å². The lowest BCUT2D eigenvalue weighted by Crippen LogP contribution is -1.93. The van der Waals surface area contributed by atoms with Gasteiger partial charge in [0.05, 0.1) is 24.0 Å². The number of rotatable bonds is 5. The van der Waals surface area contributed by atoms with Crippen LogP contribution >= 0.6 is 0 Å². The molecule has 0 amide bonds. The van der Waals surface area contributed by atoms with Crippen molar-refractivity contribution in [2.45, 2.75) is 12.8 Å². The summed E-state index contributed by atoms with van der Waals surface area (Å²) >= 11 is 0. The van der Waals surface area contributed by atoms with E-state index in [-0.39, 0.29) is 0 Å². The molecule has 4 aromatic rings. The normalized spacial score (nSPS) is 10.8. The van der Waals surface area contributed by atoms with Gasteiger partial charge in [-0.15, -0.1) is 0 Å². The van der Waals surface area contributed by atoms with Gasteiger partial charge in [-0.3, -0.25) is 0 Å². The van der Waals surface area contributed by atoms with Gasteiger partial charge in [0.25, 0.3) is 0 Å². The number of imidazole rings is 2. The number of aromatic nitrogens is 4. The summed E-state index contributed by atoms with van der Waals surface area (Å²) in [5, 5.41) is 0. The van der Waals surface area contributed by atoms with E-state index in [1.807, 2.05) is 49.1 Å². The molecule has 0 spiro atoms. The largest absolute Gasteiger partial charge is 0.306 e. The van der Waals surface area contributed by atoms with Gasteiger partial charge in [-0.2, -0.15) is 0 Å². The van der Waals surface area contributed by atoms with Crippen molar-refractivity contribution in [3.8, 4) is 11.4 Å². The van der Waals surface area contributed by atoms with Crippen LogP contribution < -0.4 is 0 Å². The summed E-state index contributed by atoms with van der Waals surface area (Å²) in [6, 6.07) is 20.5. The fourth-order valence-corrected chi connectivity index (χ4v) is 2.72. The summed E-state index contributed by atoms with van der Waals surface area (Å²) < 4.78 is 4.11. The van der Waals surface area contributed by atoms with E-state index in [0.29, 0.717) is 0 Å². The molecule has 2 aromatic carbocycles. The first-order chi connectivity index (χ1) is 11.9. The van der Waals surface area contributed by atoms with Crippen molar-refractivity contribution in [2.75, 3.05) is 0 Å². The molecule has 0 radical (unpaired) electrons. The average Bonchev–Trinajstić information content (AvgIpc) is 3.31. The molecule has 118 valence electrons. The number of nitrogens with zero attached hydrogens (tertiary/aromatic N) is 4. The average molecular weight is 314 g/mol. The molecule has 0 atom stereocenters. The van der Waals surface area contributed by atoms with Crippen LogP contribution in [0.25, 0.3) is 11.4 Å². The molecular weight excluding hydrogens is 296 g/mol. The summed E-state index contributed by atoms with van der Waals surface area (Å²) in [4.78, 5) is 9.00. The number of para-hydroxylation sites is 2. The van der Waals surface area contributed by atoms with Crippen LogP contribution in [0.3, 0.4) is 0 Å². The molecule has 0 fully saturated rings. The van der Waals surface area contributed by atoms with Gasteiger partial charge in [0, 0.05) is 23.8 Å². The predicted octanol–water partition coefficient (Wildman–Crippen LogP) is 3.84. The standard InChI is InChI=1S/C20H18N4/c1-3-7-19(8-4-1)23-13-17(21-15-23)11-12-18-14-24(16-22-18)20-9-5-2-6-10-20/h1-10,13-16H,11-12H2. The number of aryl methyl sites for hydroxylation is 2. The van der Waals surface area contributed by atoms with Crippen molar-refractivity contribution < 1.29 is 0 Å². The third kappa shape index (κ3) is 3.13. The third-order valence-corrected chi connectivity index (χ3v) is 4.02. The molecule has 0 unspecified atom stereocenters. The highest BCUT2D eigenvalue weighted by atomic mass is 15.0. The van der Waals surface area contributed by atoms with E-state index in [1.165, 1.54) is 0 Å². The quantitative estimate of drug-likeness (QED) is 0.561. The SMILES string of the molecule is c1ccc(-n2cnc(CCc3cn(-c4ccccc4)cn3)c2)cc1. The van der Waals surface area contributed by atoms with Crippen molar-refractivity contribution in [3.05, 3.63) is 97.1 Å². The maximum atomic E-state index is 4.50. The molecule has 24 heavy (non-hydrogen) atoms. The van der Waals surface area contributed by atoms with E-state index in [2.05, 4.69) is 55.8 Å². The summed E-state index contributed by atoms with van der Waals surface area (Å²) in [6.07, 6.45) is 9.67. The van der Waals surface area contributed by atoms with E-state index in [9.17, 15) is 0 Å². The first-order valence-electron chi connectivity index (χ1n) is 8.05. The zero-order valence-corrected chi connectivity index (χ0v) is 13.3. The second-order valence-electron chi connectivity index (χ2n) is 5.72. The molecule has 0 aliphatic heterocycles. The van der Waals surface area contributed by atoms with E-state index in [0.717, 1.165) is 35.6 Å². The monoisotopic (exact) mass is 314 g/mol. The Hall–Kier alpha value is -3.14. The van der Waals surface area contributed by atoms with Crippen molar-refractivity contribution in [3.63, 3.8) is 0 Å². The van der Waals surface area contributed by atoms with Gasteiger partial charge in [-0.25, -0.2) is 9.97 Å². The highest BCUT2D eigenvalue weighted by Gasteiger charge is 2.04. The van der Waals surface area contributed by atoms with E-state index in [4.69, 9.17) is 0 Å². The minimum absolute atomic E-state index is 0.881. The van der Waals surface area contributed by atoms with E-state index < -0.39 is 0 Å². The van der Waals surface area contributed by atoms with Crippen LogP contribution in [0.5, 0.6) is 0 Å². The Labute approximate surface area is 141 Å². The Morgan fingerprint density at radius 2 is 1.00 bits per heavy atom. The molecule has 0 saturated carbocycles. The molecule has 4 rings (SSSR count). The van der Waals surface area contributed by atoms with Gasteiger partial charge >= 0.3 is 0 Å². The highest BCUT2D eigenvalue weighted by Crippen LogP contribution is 2.12. The summed E-state index contributed by atoms with van der Waals surface area (Å²) in [6.45, 7) is 0. The number of hydrogen-bond acceptors (Lipinski definition) is 2. The molecule has 0 aliphatic carbocycles. The molecule has 4 heteroatoms. The Morgan fingerprint density at radius 3 is 1.42 bits per heavy atom. The smallest absolute Gasteiger partial charge is 0.0995 e. The van der Waals surface area contributed by atoms with Crippen LogP contribution in [-0.2, 0) is 12.8 Å². The lowest BCUT2D eigenvalue weighted by atomic mass is 10.2. The van der Waals surface area contributed by atoms with Crippen molar-refractivity contribution in [2.24, 2.45) is 0 Å². The number of benzene rings is 2. The summed E-state index contributed by atoms with van der Waals surface area (Å²) in [5.74, 6) is 0. The van der Waals surface area contributed by atoms with E-state index >= 15 is 0 Å². The third-order valence-electron chi connectivity index (χ3n) is 4.02. The molecule has 2 heterocycles. The van der Waals surface area contributed by atoms with Gasteiger partial charge in [0.2, 0.25) is 0 Å². The topological polar surface area (TPSA) is 35.6 Å². The second-order valence-corrected chi connectivity index (χ2v) is 5.72. The lowest BCUT2D eigenvalue weighted by Gasteiger charge is -2.00. The Balaban J connectivity index is 1.43. The second kappa shape index (κ2) is 6.54. The Kier molecular flexibility index (Phi) is 3.94. The van der Waals surface area contributed by atoms with Gasteiger partial charge in [0.15, 0.2) is 0 Å². The molecule has 0 bridgehead atoms. The Morgan fingerprint density at radius 1 is 0.583 bits per heavy atom. The Bertz CT molecular complexity index is 829. The predicted molar refractivity (Wildman–Crippen MR) is 94.5 cm³/mol. The van der Waals surface area contributed by atoms with Gasteiger partial charge in [-0.1, -0.05) is 36.4 Å². The first-order valence-corrected chi connectivity index (χ1v) is 8.05. The van der Waals surface area contributed by atoms with Crippen LogP contribution in [0.15, 0.2) is 85.7 Å². The van der Waals surface area contributed by atoms with Gasteiger partial charge in [0.1, 0.15) is 0 Å². The van der Waals surface area contributed by atoms with E-state index in [1.54, 1.807) is 0 Å².